The molecule has 1 saturated carbocycles. The zero-order valence-corrected chi connectivity index (χ0v) is 16.6. The number of anilines is 1. The fraction of sp³-hybridized carbons (Fsp3) is 0.273. The maximum Gasteiger partial charge on any atom is 0.251 e. The van der Waals surface area contributed by atoms with E-state index in [1.54, 1.807) is 0 Å². The van der Waals surface area contributed by atoms with E-state index in [9.17, 15) is 4.79 Å². The molecular formula is C22H22BrN3O. The number of nitrogens with one attached hydrogen (secondary N) is 2. The minimum atomic E-state index is 0.00362. The predicted octanol–water partition coefficient (Wildman–Crippen LogP) is 5.15. The SMILES string of the molecule is O=C(N[C@H]1CC[C@@H](Nc2ccc3ccccc3n2)CC1)c1cccc(Br)c1. The van der Waals surface area contributed by atoms with Gasteiger partial charge in [0, 0.05) is 27.5 Å². The van der Waals surface area contributed by atoms with Crippen LogP contribution in [0.5, 0.6) is 0 Å². The molecule has 1 fully saturated rings. The van der Waals surface area contributed by atoms with Gasteiger partial charge in [-0.15, -0.1) is 0 Å². The number of pyridine rings is 1. The first-order valence-corrected chi connectivity index (χ1v) is 10.2. The third kappa shape index (κ3) is 4.48. The van der Waals surface area contributed by atoms with Gasteiger partial charge in [0.1, 0.15) is 5.82 Å². The van der Waals surface area contributed by atoms with Crippen LogP contribution in [0.3, 0.4) is 0 Å². The number of carbonyl (C=O) groups is 1. The molecule has 0 radical (unpaired) electrons. The van der Waals surface area contributed by atoms with Crippen LogP contribution in [0, 0.1) is 0 Å². The topological polar surface area (TPSA) is 54.0 Å². The Morgan fingerprint density at radius 2 is 1.70 bits per heavy atom. The minimum Gasteiger partial charge on any atom is -0.367 e. The van der Waals surface area contributed by atoms with E-state index in [0.29, 0.717) is 11.6 Å². The van der Waals surface area contributed by atoms with Gasteiger partial charge in [-0.25, -0.2) is 4.98 Å². The molecular weight excluding hydrogens is 402 g/mol. The largest absolute Gasteiger partial charge is 0.367 e. The first-order chi connectivity index (χ1) is 13.2. The first-order valence-electron chi connectivity index (χ1n) is 9.36. The molecule has 138 valence electrons. The average molecular weight is 424 g/mol. The van der Waals surface area contributed by atoms with Crippen LogP contribution in [0.25, 0.3) is 10.9 Å². The van der Waals surface area contributed by atoms with Crippen LogP contribution >= 0.6 is 15.9 Å². The molecule has 5 heteroatoms. The second-order valence-corrected chi connectivity index (χ2v) is 7.98. The van der Waals surface area contributed by atoms with E-state index in [1.165, 1.54) is 0 Å². The van der Waals surface area contributed by atoms with Gasteiger partial charge in [-0.05, 0) is 62.1 Å². The summed E-state index contributed by atoms with van der Waals surface area (Å²) in [6.07, 6.45) is 4.01. The standard InChI is InChI=1S/C22H22BrN3O/c23-17-6-3-5-16(14-17)22(27)25-19-11-9-18(10-12-19)24-21-13-8-15-4-1-2-7-20(15)26-21/h1-8,13-14,18-19H,9-12H2,(H,24,26)(H,25,27)/t18-,19+. The summed E-state index contributed by atoms with van der Waals surface area (Å²) in [5, 5.41) is 7.88. The maximum atomic E-state index is 12.4. The van der Waals surface area contributed by atoms with Crippen LogP contribution in [0.2, 0.25) is 0 Å². The monoisotopic (exact) mass is 423 g/mol. The zero-order valence-electron chi connectivity index (χ0n) is 15.0. The number of benzene rings is 2. The van der Waals surface area contributed by atoms with Gasteiger partial charge in [-0.2, -0.15) is 0 Å². The molecule has 2 N–H and O–H groups in total. The lowest BCUT2D eigenvalue weighted by atomic mass is 9.91. The normalized spacial score (nSPS) is 19.6. The van der Waals surface area contributed by atoms with E-state index < -0.39 is 0 Å². The van der Waals surface area contributed by atoms with Crippen molar-refractivity contribution in [1.29, 1.82) is 0 Å². The molecule has 0 spiro atoms. The van der Waals surface area contributed by atoms with Crippen molar-refractivity contribution in [2.75, 3.05) is 5.32 Å². The molecule has 0 saturated heterocycles. The number of rotatable bonds is 4. The molecule has 4 nitrogen and oxygen atoms in total. The van der Waals surface area contributed by atoms with E-state index in [1.807, 2.05) is 48.5 Å². The summed E-state index contributed by atoms with van der Waals surface area (Å²) >= 11 is 3.42. The quantitative estimate of drug-likeness (QED) is 0.609. The predicted molar refractivity (Wildman–Crippen MR) is 113 cm³/mol. The Kier molecular flexibility index (Phi) is 5.39. The smallest absolute Gasteiger partial charge is 0.251 e. The molecule has 0 atom stereocenters. The number of halogens is 1. The van der Waals surface area contributed by atoms with Gasteiger partial charge < -0.3 is 10.6 Å². The number of nitrogens with zero attached hydrogens (tertiary/aromatic N) is 1. The number of hydrogen-bond donors (Lipinski definition) is 2. The van der Waals surface area contributed by atoms with Crippen LogP contribution in [-0.2, 0) is 0 Å². The number of aromatic nitrogens is 1. The van der Waals surface area contributed by atoms with Gasteiger partial charge in [-0.1, -0.05) is 40.2 Å². The van der Waals surface area contributed by atoms with Crippen molar-refractivity contribution in [3.05, 3.63) is 70.7 Å². The van der Waals surface area contributed by atoms with Gasteiger partial charge in [0.15, 0.2) is 0 Å². The van der Waals surface area contributed by atoms with Crippen molar-refractivity contribution in [3.63, 3.8) is 0 Å². The molecule has 2 aromatic carbocycles. The van der Waals surface area contributed by atoms with Crippen molar-refractivity contribution < 1.29 is 4.79 Å². The second-order valence-electron chi connectivity index (χ2n) is 7.07. The molecule has 0 unspecified atom stereocenters. The van der Waals surface area contributed by atoms with Gasteiger partial charge >= 0.3 is 0 Å². The zero-order chi connectivity index (χ0) is 18.6. The summed E-state index contributed by atoms with van der Waals surface area (Å²) in [4.78, 5) is 17.1. The lowest BCUT2D eigenvalue weighted by molar-refractivity contribution is 0.0926. The van der Waals surface area contributed by atoms with Crippen molar-refractivity contribution >= 4 is 38.6 Å². The summed E-state index contributed by atoms with van der Waals surface area (Å²) in [6.45, 7) is 0. The van der Waals surface area contributed by atoms with Crippen molar-refractivity contribution in [2.24, 2.45) is 0 Å². The number of fused-ring (bicyclic) bond motifs is 1. The molecule has 1 heterocycles. The Morgan fingerprint density at radius 1 is 0.926 bits per heavy atom. The molecule has 27 heavy (non-hydrogen) atoms. The third-order valence-corrected chi connectivity index (χ3v) is 5.59. The molecule has 1 amide bonds. The highest BCUT2D eigenvalue weighted by Crippen LogP contribution is 2.23. The van der Waals surface area contributed by atoms with Gasteiger partial charge in [0.2, 0.25) is 0 Å². The third-order valence-electron chi connectivity index (χ3n) is 5.10. The van der Waals surface area contributed by atoms with Crippen LogP contribution in [0.4, 0.5) is 5.82 Å². The Morgan fingerprint density at radius 3 is 2.52 bits per heavy atom. The molecule has 0 aliphatic heterocycles. The highest BCUT2D eigenvalue weighted by Gasteiger charge is 2.23. The minimum absolute atomic E-state index is 0.00362. The Hall–Kier alpha value is -2.40. The van der Waals surface area contributed by atoms with Gasteiger partial charge in [0.05, 0.1) is 5.52 Å². The first kappa shape index (κ1) is 18.0. The summed E-state index contributed by atoms with van der Waals surface area (Å²) in [7, 11) is 0. The molecule has 3 aromatic rings. The number of para-hydroxylation sites is 1. The molecule has 1 aromatic heterocycles. The van der Waals surface area contributed by atoms with Crippen LogP contribution in [-0.4, -0.2) is 23.0 Å². The Balaban J connectivity index is 1.31. The van der Waals surface area contributed by atoms with Crippen molar-refractivity contribution in [2.45, 2.75) is 37.8 Å². The molecule has 1 aliphatic rings. The Bertz CT molecular complexity index is 951. The molecule has 1 aliphatic carbocycles. The number of amides is 1. The van der Waals surface area contributed by atoms with Crippen LogP contribution < -0.4 is 10.6 Å². The summed E-state index contributed by atoms with van der Waals surface area (Å²) in [6, 6.07) is 20.5. The van der Waals surface area contributed by atoms with E-state index in [2.05, 4.69) is 38.7 Å². The number of carbonyl (C=O) groups excluding carboxylic acids is 1. The summed E-state index contributed by atoms with van der Waals surface area (Å²) in [5.41, 5.74) is 1.71. The second kappa shape index (κ2) is 8.09. The fourth-order valence-corrected chi connectivity index (χ4v) is 4.04. The lowest BCUT2D eigenvalue weighted by Gasteiger charge is -2.30. The molecule has 4 rings (SSSR count). The van der Waals surface area contributed by atoms with Gasteiger partial charge in [-0.3, -0.25) is 4.79 Å². The highest BCUT2D eigenvalue weighted by molar-refractivity contribution is 9.10. The number of hydrogen-bond acceptors (Lipinski definition) is 3. The highest BCUT2D eigenvalue weighted by atomic mass is 79.9. The van der Waals surface area contributed by atoms with Crippen LogP contribution in [0.15, 0.2) is 65.1 Å². The van der Waals surface area contributed by atoms with E-state index in [-0.39, 0.29) is 11.9 Å². The van der Waals surface area contributed by atoms with E-state index in [4.69, 9.17) is 4.98 Å². The average Bonchev–Trinajstić information content (AvgIpc) is 2.69. The maximum absolute atomic E-state index is 12.4. The van der Waals surface area contributed by atoms with E-state index in [0.717, 1.165) is 46.9 Å². The lowest BCUT2D eigenvalue weighted by Crippen LogP contribution is -2.40. The summed E-state index contributed by atoms with van der Waals surface area (Å²) in [5.74, 6) is 0.930. The van der Waals surface area contributed by atoms with Crippen molar-refractivity contribution in [1.82, 2.24) is 10.3 Å². The van der Waals surface area contributed by atoms with Crippen LogP contribution in [0.1, 0.15) is 36.0 Å². The Labute approximate surface area is 167 Å². The van der Waals surface area contributed by atoms with Crippen molar-refractivity contribution in [3.8, 4) is 0 Å². The van der Waals surface area contributed by atoms with E-state index >= 15 is 0 Å². The fourth-order valence-electron chi connectivity index (χ4n) is 3.64. The molecule has 0 bridgehead atoms. The van der Waals surface area contributed by atoms with Gasteiger partial charge in [0.25, 0.3) is 5.91 Å². The summed E-state index contributed by atoms with van der Waals surface area (Å²) < 4.78 is 0.922.